The van der Waals surface area contributed by atoms with Crippen LogP contribution in [-0.2, 0) is 29.0 Å². The summed E-state index contributed by atoms with van der Waals surface area (Å²) in [7, 11) is 0. The molecule has 0 unspecified atom stereocenters. The second kappa shape index (κ2) is 24.8. The van der Waals surface area contributed by atoms with E-state index in [0.29, 0.717) is 19.3 Å². The maximum Gasteiger partial charge on any atom is 3.00 e. The van der Waals surface area contributed by atoms with Crippen LogP contribution in [-0.4, -0.2) is 35.3 Å². The first-order valence-electron chi connectivity index (χ1n) is 6.41. The molecule has 0 fully saturated rings. The Morgan fingerprint density at radius 1 is 0.636 bits per heavy atom. The molecule has 0 aromatic heterocycles. The summed E-state index contributed by atoms with van der Waals surface area (Å²) in [6.45, 7) is 5.41. The molecule has 0 bridgehead atoms. The number of rotatable bonds is 6. The van der Waals surface area contributed by atoms with Crippen LogP contribution < -0.4 is 15.8 Å². The first-order valence-corrected chi connectivity index (χ1v) is 6.41. The third kappa shape index (κ3) is 31.3. The molecule has 0 saturated heterocycles. The number of carbonyl (C=O) groups is 3. The van der Waals surface area contributed by atoms with E-state index in [4.69, 9.17) is 0 Å². The van der Waals surface area contributed by atoms with Gasteiger partial charge in [-0.05, 0) is 19.3 Å². The molecule has 10 heteroatoms. The normalized spacial score (nSPS) is 7.91. The number of hydrogen-bond acceptors (Lipinski definition) is 9. The molecule has 0 rings (SSSR count). The Morgan fingerprint density at radius 2 is 0.818 bits per heavy atom. The van der Waals surface area contributed by atoms with Crippen molar-refractivity contribution in [2.24, 2.45) is 0 Å². The molecule has 0 aromatic carbocycles. The maximum absolute atomic E-state index is 9.88. The van der Waals surface area contributed by atoms with Crippen LogP contribution in [0.1, 0.15) is 59.3 Å². The van der Waals surface area contributed by atoms with Crippen LogP contribution >= 0.6 is 0 Å². The molecule has 22 heavy (non-hydrogen) atoms. The zero-order valence-corrected chi connectivity index (χ0v) is 14.1. The van der Waals surface area contributed by atoms with Crippen LogP contribution in [0.2, 0.25) is 0 Å². The van der Waals surface area contributed by atoms with Crippen LogP contribution in [0, 0.1) is 0 Å². The van der Waals surface area contributed by atoms with E-state index < -0.39 is 17.9 Å². The molecular formula is C12H21AlO9. The average Bonchev–Trinajstić information content (AvgIpc) is 2.49. The van der Waals surface area contributed by atoms with Gasteiger partial charge in [-0.15, -0.1) is 0 Å². The van der Waals surface area contributed by atoms with E-state index >= 15 is 0 Å². The molecule has 9 nitrogen and oxygen atoms in total. The first-order chi connectivity index (χ1) is 9.92. The van der Waals surface area contributed by atoms with E-state index in [1.165, 1.54) is 0 Å². The molecule has 0 spiro atoms. The SMILES string of the molecule is CCCC(=O)O[O-].CCCC(=O)O[O-].CCCC(=O)O[O-].[Al+3]. The van der Waals surface area contributed by atoms with E-state index in [2.05, 4.69) is 14.7 Å². The van der Waals surface area contributed by atoms with Crippen molar-refractivity contribution in [2.45, 2.75) is 59.3 Å². The van der Waals surface area contributed by atoms with Gasteiger partial charge in [0, 0.05) is 19.3 Å². The summed E-state index contributed by atoms with van der Waals surface area (Å²) in [5.74, 6) is -2.03. The Hall–Kier alpha value is -1.18. The predicted octanol–water partition coefficient (Wildman–Crippen LogP) is -1.57. The summed E-state index contributed by atoms with van der Waals surface area (Å²) in [6.07, 6.45) is 2.68. The van der Waals surface area contributed by atoms with Gasteiger partial charge in [0.15, 0.2) is 0 Å². The molecule has 0 aliphatic heterocycles. The molecule has 0 aromatic rings. The smallest absolute Gasteiger partial charge is 0.662 e. The van der Waals surface area contributed by atoms with Crippen molar-refractivity contribution in [1.82, 2.24) is 0 Å². The van der Waals surface area contributed by atoms with E-state index in [1.807, 2.05) is 0 Å². The quantitative estimate of drug-likeness (QED) is 0.318. The van der Waals surface area contributed by atoms with Crippen LogP contribution in [0.5, 0.6) is 0 Å². The molecule has 0 saturated carbocycles. The topological polar surface area (TPSA) is 148 Å². The van der Waals surface area contributed by atoms with Crippen molar-refractivity contribution in [3.05, 3.63) is 0 Å². The van der Waals surface area contributed by atoms with Crippen molar-refractivity contribution in [2.75, 3.05) is 0 Å². The molecule has 0 heterocycles. The maximum atomic E-state index is 9.88. The largest absolute Gasteiger partial charge is 3.00 e. The van der Waals surface area contributed by atoms with Gasteiger partial charge in [-0.2, -0.15) is 0 Å². The Labute approximate surface area is 140 Å². The van der Waals surface area contributed by atoms with Gasteiger partial charge in [-0.25, -0.2) is 0 Å². The standard InChI is InChI=1S/3C4H8O3.Al/c3*1-2-3-4(5)7-6;/h3*6H,2-3H2,1H3;/q;;;+3/p-3. The Morgan fingerprint density at radius 3 is 0.864 bits per heavy atom. The summed E-state index contributed by atoms with van der Waals surface area (Å²) in [4.78, 5) is 38.9. The second-order valence-electron chi connectivity index (χ2n) is 3.62. The Bertz CT molecular complexity index is 229. The zero-order valence-electron chi connectivity index (χ0n) is 13.0. The number of carbonyl (C=O) groups excluding carboxylic acids is 3. The summed E-state index contributed by atoms with van der Waals surface area (Å²) in [5, 5.41) is 27.5. The molecular weight excluding hydrogens is 315 g/mol. The third-order valence-corrected chi connectivity index (χ3v) is 1.64. The molecule has 126 valence electrons. The minimum Gasteiger partial charge on any atom is -0.662 e. The molecule has 0 atom stereocenters. The van der Waals surface area contributed by atoms with E-state index in [1.54, 1.807) is 20.8 Å². The fraction of sp³-hybridized carbons (Fsp3) is 0.750. The van der Waals surface area contributed by atoms with Gasteiger partial charge < -0.3 is 30.4 Å². The van der Waals surface area contributed by atoms with Crippen molar-refractivity contribution in [1.29, 1.82) is 0 Å². The fourth-order valence-electron chi connectivity index (χ4n) is 0.737. The third-order valence-electron chi connectivity index (χ3n) is 1.64. The van der Waals surface area contributed by atoms with Crippen molar-refractivity contribution in [3.63, 3.8) is 0 Å². The minimum absolute atomic E-state index is 0. The molecule has 0 aliphatic rings. The second-order valence-corrected chi connectivity index (χ2v) is 3.62. The van der Waals surface area contributed by atoms with Crippen LogP contribution in [0.4, 0.5) is 0 Å². The zero-order chi connectivity index (χ0) is 17.1. The summed E-state index contributed by atoms with van der Waals surface area (Å²) >= 11 is 0. The fourth-order valence-corrected chi connectivity index (χ4v) is 0.737. The van der Waals surface area contributed by atoms with Gasteiger partial charge >= 0.3 is 17.4 Å². The van der Waals surface area contributed by atoms with Crippen LogP contribution in [0.3, 0.4) is 0 Å². The number of hydrogen-bond donors (Lipinski definition) is 0. The molecule has 0 N–H and O–H groups in total. The first kappa shape index (κ1) is 28.9. The van der Waals surface area contributed by atoms with Crippen LogP contribution in [0.25, 0.3) is 0 Å². The van der Waals surface area contributed by atoms with Gasteiger partial charge in [0.05, 0.1) is 0 Å². The van der Waals surface area contributed by atoms with Crippen molar-refractivity contribution < 1.29 is 44.8 Å². The summed E-state index contributed by atoms with van der Waals surface area (Å²) in [6, 6.07) is 0. The van der Waals surface area contributed by atoms with Crippen molar-refractivity contribution in [3.8, 4) is 0 Å². The van der Waals surface area contributed by atoms with Gasteiger partial charge in [0.1, 0.15) is 0 Å². The predicted molar refractivity (Wildman–Crippen MR) is 68.8 cm³/mol. The van der Waals surface area contributed by atoms with Crippen LogP contribution in [0.15, 0.2) is 0 Å². The molecule has 0 amide bonds. The summed E-state index contributed by atoms with van der Waals surface area (Å²) in [5.41, 5.74) is 0. The minimum atomic E-state index is -0.678. The Balaban J connectivity index is -0.000000108. The van der Waals surface area contributed by atoms with Gasteiger partial charge in [0.25, 0.3) is 17.9 Å². The van der Waals surface area contributed by atoms with E-state index in [-0.39, 0.29) is 36.6 Å². The van der Waals surface area contributed by atoms with Crippen molar-refractivity contribution >= 4 is 35.3 Å². The molecule has 0 aliphatic carbocycles. The van der Waals surface area contributed by atoms with Gasteiger partial charge in [-0.3, -0.25) is 14.4 Å². The van der Waals surface area contributed by atoms with E-state index in [0.717, 1.165) is 0 Å². The van der Waals surface area contributed by atoms with Gasteiger partial charge in [-0.1, -0.05) is 20.8 Å². The monoisotopic (exact) mass is 336 g/mol. The van der Waals surface area contributed by atoms with E-state index in [9.17, 15) is 30.2 Å². The summed E-state index contributed by atoms with van der Waals surface area (Å²) < 4.78 is 0. The van der Waals surface area contributed by atoms with Gasteiger partial charge in [0.2, 0.25) is 0 Å². The average molecular weight is 336 g/mol. The Kier molecular flexibility index (Phi) is 32.6. The molecule has 0 radical (unpaired) electrons.